The van der Waals surface area contributed by atoms with Crippen LogP contribution in [0.4, 0.5) is 0 Å². The molecule has 0 aliphatic heterocycles. The Morgan fingerprint density at radius 2 is 1.50 bits per heavy atom. The van der Waals surface area contributed by atoms with Gasteiger partial charge in [0.15, 0.2) is 5.96 Å². The summed E-state index contributed by atoms with van der Waals surface area (Å²) in [5, 5.41) is 10.4. The zero-order valence-corrected chi connectivity index (χ0v) is 16.1. The van der Waals surface area contributed by atoms with Gasteiger partial charge in [-0.1, -0.05) is 53.5 Å². The molecule has 0 radical (unpaired) electrons. The molecule has 0 atom stereocenters. The number of nitrogens with one attached hydrogen (secondary N) is 3. The van der Waals surface area contributed by atoms with Crippen molar-refractivity contribution in [2.24, 2.45) is 4.99 Å². The number of benzene rings is 2. The molecule has 0 bridgehead atoms. The summed E-state index contributed by atoms with van der Waals surface area (Å²) in [4.78, 5) is 16.2. The standard InChI is InChI=1S/C19H22Cl2N4O/c1-22-19(24-11-10-14-6-2-4-8-16(14)20)25-13-12-23-18(26)15-7-3-5-9-17(15)21/h2-9H,10-13H2,1H3,(H,23,26)(H2,22,24,25). The summed E-state index contributed by atoms with van der Waals surface area (Å²) in [6.45, 7) is 1.70. The first-order chi connectivity index (χ1) is 12.6. The second-order valence-electron chi connectivity index (χ2n) is 5.50. The second-order valence-corrected chi connectivity index (χ2v) is 6.32. The van der Waals surface area contributed by atoms with E-state index in [1.54, 1.807) is 31.3 Å². The SMILES string of the molecule is CN=C(NCCNC(=O)c1ccccc1Cl)NCCc1ccccc1Cl. The minimum Gasteiger partial charge on any atom is -0.356 e. The minimum atomic E-state index is -0.195. The molecular weight excluding hydrogens is 371 g/mol. The molecule has 0 saturated carbocycles. The molecular formula is C19H22Cl2N4O. The number of carbonyl (C=O) groups is 1. The summed E-state index contributed by atoms with van der Waals surface area (Å²) >= 11 is 12.2. The summed E-state index contributed by atoms with van der Waals surface area (Å²) in [6, 6.07) is 14.7. The van der Waals surface area contributed by atoms with E-state index in [4.69, 9.17) is 23.2 Å². The average molecular weight is 393 g/mol. The molecule has 5 nitrogen and oxygen atoms in total. The molecule has 26 heavy (non-hydrogen) atoms. The van der Waals surface area contributed by atoms with Crippen LogP contribution in [0.3, 0.4) is 0 Å². The normalized spacial score (nSPS) is 11.1. The predicted molar refractivity (Wildman–Crippen MR) is 108 cm³/mol. The quantitative estimate of drug-likeness (QED) is 0.385. The van der Waals surface area contributed by atoms with E-state index in [0.717, 1.165) is 17.0 Å². The smallest absolute Gasteiger partial charge is 0.252 e. The Labute approximate surface area is 163 Å². The fourth-order valence-corrected chi connectivity index (χ4v) is 2.79. The van der Waals surface area contributed by atoms with Crippen LogP contribution >= 0.6 is 23.2 Å². The Hall–Kier alpha value is -2.24. The van der Waals surface area contributed by atoms with E-state index in [2.05, 4.69) is 20.9 Å². The maximum Gasteiger partial charge on any atom is 0.252 e. The van der Waals surface area contributed by atoms with Crippen molar-refractivity contribution in [2.75, 3.05) is 26.7 Å². The lowest BCUT2D eigenvalue weighted by atomic mass is 10.1. The summed E-state index contributed by atoms with van der Waals surface area (Å²) in [5.41, 5.74) is 1.56. The highest BCUT2D eigenvalue weighted by Gasteiger charge is 2.08. The number of nitrogens with zero attached hydrogens (tertiary/aromatic N) is 1. The highest BCUT2D eigenvalue weighted by atomic mass is 35.5. The number of halogens is 2. The molecule has 138 valence electrons. The zero-order valence-electron chi connectivity index (χ0n) is 14.6. The molecule has 0 spiro atoms. The number of guanidine groups is 1. The Kier molecular flexibility index (Phi) is 8.25. The number of carbonyl (C=O) groups excluding carboxylic acids is 1. The van der Waals surface area contributed by atoms with Crippen LogP contribution in [0.1, 0.15) is 15.9 Å². The summed E-state index contributed by atoms with van der Waals surface area (Å²) in [5.74, 6) is 0.475. The van der Waals surface area contributed by atoms with Gasteiger partial charge in [0.1, 0.15) is 0 Å². The number of hydrogen-bond donors (Lipinski definition) is 3. The topological polar surface area (TPSA) is 65.5 Å². The Morgan fingerprint density at radius 3 is 2.19 bits per heavy atom. The van der Waals surface area contributed by atoms with Gasteiger partial charge in [0, 0.05) is 31.7 Å². The number of aliphatic imine (C=N–C) groups is 1. The first-order valence-corrected chi connectivity index (χ1v) is 9.08. The first kappa shape index (κ1) is 20.1. The van der Waals surface area contributed by atoms with Crippen molar-refractivity contribution in [3.63, 3.8) is 0 Å². The van der Waals surface area contributed by atoms with E-state index in [1.165, 1.54) is 0 Å². The van der Waals surface area contributed by atoms with Crippen LogP contribution in [0.2, 0.25) is 10.0 Å². The van der Waals surface area contributed by atoms with Gasteiger partial charge in [0.2, 0.25) is 0 Å². The van der Waals surface area contributed by atoms with Gasteiger partial charge in [-0.15, -0.1) is 0 Å². The lowest BCUT2D eigenvalue weighted by Gasteiger charge is -2.13. The molecule has 0 aromatic heterocycles. The second kappa shape index (κ2) is 10.7. The van der Waals surface area contributed by atoms with Crippen molar-refractivity contribution in [1.82, 2.24) is 16.0 Å². The summed E-state index contributed by atoms with van der Waals surface area (Å²) in [6.07, 6.45) is 0.795. The van der Waals surface area contributed by atoms with Crippen molar-refractivity contribution < 1.29 is 4.79 Å². The third kappa shape index (κ3) is 6.24. The van der Waals surface area contributed by atoms with Gasteiger partial charge in [-0.05, 0) is 30.2 Å². The maximum atomic E-state index is 12.1. The van der Waals surface area contributed by atoms with E-state index in [-0.39, 0.29) is 5.91 Å². The van der Waals surface area contributed by atoms with E-state index in [9.17, 15) is 4.79 Å². The van der Waals surface area contributed by atoms with Crippen LogP contribution in [0.5, 0.6) is 0 Å². The van der Waals surface area contributed by atoms with Crippen molar-refractivity contribution in [3.05, 3.63) is 69.7 Å². The van der Waals surface area contributed by atoms with Gasteiger partial charge in [0.05, 0.1) is 10.6 Å². The van der Waals surface area contributed by atoms with Crippen LogP contribution in [-0.4, -0.2) is 38.5 Å². The van der Waals surface area contributed by atoms with Crippen LogP contribution < -0.4 is 16.0 Å². The monoisotopic (exact) mass is 392 g/mol. The summed E-state index contributed by atoms with van der Waals surface area (Å²) < 4.78 is 0. The number of rotatable bonds is 7. The van der Waals surface area contributed by atoms with Crippen LogP contribution in [-0.2, 0) is 6.42 Å². The van der Waals surface area contributed by atoms with E-state index in [1.807, 2.05) is 24.3 Å². The largest absolute Gasteiger partial charge is 0.356 e. The van der Waals surface area contributed by atoms with Crippen molar-refractivity contribution in [1.29, 1.82) is 0 Å². The first-order valence-electron chi connectivity index (χ1n) is 8.32. The van der Waals surface area contributed by atoms with E-state index in [0.29, 0.717) is 36.2 Å². The van der Waals surface area contributed by atoms with E-state index >= 15 is 0 Å². The molecule has 0 aliphatic rings. The van der Waals surface area contributed by atoms with Crippen molar-refractivity contribution >= 4 is 35.1 Å². The predicted octanol–water partition coefficient (Wildman–Crippen LogP) is 3.13. The van der Waals surface area contributed by atoms with Crippen molar-refractivity contribution in [2.45, 2.75) is 6.42 Å². The lowest BCUT2D eigenvalue weighted by Crippen LogP contribution is -2.42. The van der Waals surface area contributed by atoms with Crippen LogP contribution in [0.25, 0.3) is 0 Å². The lowest BCUT2D eigenvalue weighted by molar-refractivity contribution is 0.0954. The highest BCUT2D eigenvalue weighted by molar-refractivity contribution is 6.33. The van der Waals surface area contributed by atoms with Gasteiger partial charge in [-0.2, -0.15) is 0 Å². The molecule has 0 unspecified atom stereocenters. The Balaban J connectivity index is 1.68. The molecule has 0 aliphatic carbocycles. The molecule has 2 aromatic rings. The Morgan fingerprint density at radius 1 is 0.885 bits per heavy atom. The molecule has 0 fully saturated rings. The van der Waals surface area contributed by atoms with Gasteiger partial charge < -0.3 is 16.0 Å². The minimum absolute atomic E-state index is 0.195. The fraction of sp³-hybridized carbons (Fsp3) is 0.263. The van der Waals surface area contributed by atoms with Crippen LogP contribution in [0.15, 0.2) is 53.5 Å². The number of amides is 1. The average Bonchev–Trinajstić information content (AvgIpc) is 2.65. The fourth-order valence-electron chi connectivity index (χ4n) is 2.33. The van der Waals surface area contributed by atoms with Crippen molar-refractivity contribution in [3.8, 4) is 0 Å². The molecule has 1 amide bonds. The molecule has 3 N–H and O–H groups in total. The molecule has 2 aromatic carbocycles. The third-order valence-electron chi connectivity index (χ3n) is 3.69. The van der Waals surface area contributed by atoms with Gasteiger partial charge in [-0.3, -0.25) is 9.79 Å². The van der Waals surface area contributed by atoms with Gasteiger partial charge in [-0.25, -0.2) is 0 Å². The highest BCUT2D eigenvalue weighted by Crippen LogP contribution is 2.15. The summed E-state index contributed by atoms with van der Waals surface area (Å²) in [7, 11) is 1.70. The molecule has 0 heterocycles. The maximum absolute atomic E-state index is 12.1. The van der Waals surface area contributed by atoms with E-state index < -0.39 is 0 Å². The van der Waals surface area contributed by atoms with Crippen LogP contribution in [0, 0.1) is 0 Å². The Bertz CT molecular complexity index is 765. The molecule has 2 rings (SSSR count). The van der Waals surface area contributed by atoms with Gasteiger partial charge >= 0.3 is 0 Å². The number of hydrogen-bond acceptors (Lipinski definition) is 2. The van der Waals surface area contributed by atoms with Gasteiger partial charge in [0.25, 0.3) is 5.91 Å². The zero-order chi connectivity index (χ0) is 18.8. The molecule has 0 saturated heterocycles. The molecule has 7 heteroatoms. The third-order valence-corrected chi connectivity index (χ3v) is 4.39.